The third kappa shape index (κ3) is 3.39. The summed E-state index contributed by atoms with van der Waals surface area (Å²) in [6.45, 7) is 0.941. The van der Waals surface area contributed by atoms with Crippen molar-refractivity contribution in [1.82, 2.24) is 9.78 Å². The maximum atomic E-state index is 6.45. The number of anilines is 1. The average molecular weight is 484 g/mol. The molecule has 25 heavy (non-hydrogen) atoms. The lowest BCUT2D eigenvalue weighted by Gasteiger charge is -2.10. The highest BCUT2D eigenvalue weighted by atomic mass is 127. The molecule has 1 aromatic heterocycles. The van der Waals surface area contributed by atoms with Crippen LogP contribution in [0, 0.1) is 3.57 Å². The van der Waals surface area contributed by atoms with Crippen molar-refractivity contribution in [2.45, 2.75) is 19.3 Å². The highest BCUT2D eigenvalue weighted by molar-refractivity contribution is 14.1. The summed E-state index contributed by atoms with van der Waals surface area (Å²) in [6.07, 6.45) is 3.31. The van der Waals surface area contributed by atoms with Crippen LogP contribution in [0.4, 0.5) is 5.82 Å². The molecule has 0 saturated heterocycles. The molecule has 1 aliphatic heterocycles. The third-order valence-corrected chi connectivity index (χ3v) is 5.64. The summed E-state index contributed by atoms with van der Waals surface area (Å²) >= 11 is 14.8. The normalized spacial score (nSPS) is 13.9. The van der Waals surface area contributed by atoms with Crippen molar-refractivity contribution in [3.8, 4) is 16.9 Å². The van der Waals surface area contributed by atoms with Gasteiger partial charge in [0, 0.05) is 26.3 Å². The number of hydrogen-bond acceptors (Lipinski definition) is 2. The van der Waals surface area contributed by atoms with Gasteiger partial charge in [-0.05, 0) is 72.2 Å². The van der Waals surface area contributed by atoms with Gasteiger partial charge in [0.2, 0.25) is 0 Å². The molecule has 0 saturated carbocycles. The van der Waals surface area contributed by atoms with E-state index in [4.69, 9.17) is 28.3 Å². The Bertz CT molecular complexity index is 919. The van der Waals surface area contributed by atoms with Crippen LogP contribution in [0.2, 0.25) is 10.0 Å². The van der Waals surface area contributed by atoms with Gasteiger partial charge in [0.25, 0.3) is 0 Å². The summed E-state index contributed by atoms with van der Waals surface area (Å²) in [4.78, 5) is 0. The topological polar surface area (TPSA) is 29.9 Å². The van der Waals surface area contributed by atoms with Crippen LogP contribution in [0.3, 0.4) is 0 Å². The van der Waals surface area contributed by atoms with Gasteiger partial charge in [-0.15, -0.1) is 0 Å². The first-order valence-corrected chi connectivity index (χ1v) is 10.0. The van der Waals surface area contributed by atoms with Gasteiger partial charge < -0.3 is 5.32 Å². The van der Waals surface area contributed by atoms with E-state index in [1.54, 1.807) is 6.07 Å². The highest BCUT2D eigenvalue weighted by Gasteiger charge is 2.22. The molecule has 0 radical (unpaired) electrons. The van der Waals surface area contributed by atoms with Crippen molar-refractivity contribution in [1.29, 1.82) is 0 Å². The molecule has 3 aromatic rings. The van der Waals surface area contributed by atoms with Crippen LogP contribution < -0.4 is 5.32 Å². The van der Waals surface area contributed by atoms with Crippen molar-refractivity contribution in [2.24, 2.45) is 0 Å². The van der Waals surface area contributed by atoms with Crippen LogP contribution in [0.5, 0.6) is 0 Å². The Labute approximate surface area is 170 Å². The molecule has 0 fully saturated rings. The van der Waals surface area contributed by atoms with Crippen LogP contribution >= 0.6 is 45.8 Å². The Morgan fingerprint density at radius 3 is 2.60 bits per heavy atom. The van der Waals surface area contributed by atoms with E-state index in [0.29, 0.717) is 10.0 Å². The molecule has 6 heteroatoms. The average Bonchev–Trinajstić information content (AvgIpc) is 2.78. The van der Waals surface area contributed by atoms with Gasteiger partial charge in [0.1, 0.15) is 5.82 Å². The van der Waals surface area contributed by atoms with Gasteiger partial charge in [0.05, 0.1) is 16.4 Å². The summed E-state index contributed by atoms with van der Waals surface area (Å²) in [7, 11) is 0. The summed E-state index contributed by atoms with van der Waals surface area (Å²) in [5, 5.41) is 9.68. The Kier molecular flexibility index (Phi) is 4.93. The highest BCUT2D eigenvalue weighted by Crippen LogP contribution is 2.36. The van der Waals surface area contributed by atoms with Crippen LogP contribution in [-0.4, -0.2) is 16.3 Å². The molecule has 0 spiro atoms. The molecule has 0 unspecified atom stereocenters. The molecular formula is C19H16Cl2IN3. The summed E-state index contributed by atoms with van der Waals surface area (Å²) < 4.78 is 3.14. The molecule has 2 heterocycles. The number of halogens is 3. The second-order valence-electron chi connectivity index (χ2n) is 6.07. The Morgan fingerprint density at radius 1 is 1.04 bits per heavy atom. The monoisotopic (exact) mass is 483 g/mol. The van der Waals surface area contributed by atoms with E-state index in [0.717, 1.165) is 48.6 Å². The van der Waals surface area contributed by atoms with Gasteiger partial charge in [-0.25, -0.2) is 4.68 Å². The predicted molar refractivity (Wildman–Crippen MR) is 113 cm³/mol. The first-order valence-electron chi connectivity index (χ1n) is 8.20. The van der Waals surface area contributed by atoms with Crippen LogP contribution in [0.1, 0.15) is 18.4 Å². The summed E-state index contributed by atoms with van der Waals surface area (Å²) in [5.74, 6) is 1.04. The second kappa shape index (κ2) is 7.17. The molecular weight excluding hydrogens is 468 g/mol. The molecule has 3 nitrogen and oxygen atoms in total. The molecule has 0 bridgehead atoms. The van der Waals surface area contributed by atoms with Crippen LogP contribution in [0.15, 0.2) is 42.5 Å². The van der Waals surface area contributed by atoms with Gasteiger partial charge in [-0.1, -0.05) is 35.3 Å². The minimum atomic E-state index is 0.595. The SMILES string of the molecule is Clc1ccc(-n2nc(-c3ccc(I)cc3)c3c2NCCCC3)c(Cl)c1. The number of rotatable bonds is 2. The van der Waals surface area contributed by atoms with Gasteiger partial charge in [-0.3, -0.25) is 0 Å². The molecule has 128 valence electrons. The zero-order chi connectivity index (χ0) is 17.4. The largest absolute Gasteiger partial charge is 0.370 e. The second-order valence-corrected chi connectivity index (χ2v) is 8.16. The fourth-order valence-electron chi connectivity index (χ4n) is 3.17. The smallest absolute Gasteiger partial charge is 0.133 e. The van der Waals surface area contributed by atoms with Gasteiger partial charge >= 0.3 is 0 Å². The van der Waals surface area contributed by atoms with Crippen molar-refractivity contribution < 1.29 is 0 Å². The summed E-state index contributed by atoms with van der Waals surface area (Å²) in [5.41, 5.74) is 4.24. The van der Waals surface area contributed by atoms with Crippen LogP contribution in [-0.2, 0) is 6.42 Å². The fraction of sp³-hybridized carbons (Fsp3) is 0.211. The molecule has 1 N–H and O–H groups in total. The molecule has 2 aromatic carbocycles. The van der Waals surface area contributed by atoms with E-state index < -0.39 is 0 Å². The number of nitrogens with zero attached hydrogens (tertiary/aromatic N) is 2. The van der Waals surface area contributed by atoms with Crippen LogP contribution in [0.25, 0.3) is 16.9 Å². The minimum absolute atomic E-state index is 0.595. The maximum absolute atomic E-state index is 6.45. The Hall–Kier alpha value is -1.24. The predicted octanol–water partition coefficient (Wildman–Crippen LogP) is 6.20. The van der Waals surface area contributed by atoms with Crippen molar-refractivity contribution in [2.75, 3.05) is 11.9 Å². The molecule has 1 aliphatic rings. The molecule has 0 amide bonds. The zero-order valence-corrected chi connectivity index (χ0v) is 17.1. The Balaban J connectivity index is 1.91. The van der Waals surface area contributed by atoms with E-state index in [1.807, 2.05) is 16.8 Å². The van der Waals surface area contributed by atoms with E-state index in [9.17, 15) is 0 Å². The summed E-state index contributed by atoms with van der Waals surface area (Å²) in [6, 6.07) is 14.0. The third-order valence-electron chi connectivity index (χ3n) is 4.39. The van der Waals surface area contributed by atoms with Crippen molar-refractivity contribution in [3.05, 3.63) is 61.6 Å². The zero-order valence-electron chi connectivity index (χ0n) is 13.4. The lowest BCUT2D eigenvalue weighted by atomic mass is 10.0. The number of fused-ring (bicyclic) bond motifs is 1. The maximum Gasteiger partial charge on any atom is 0.133 e. The number of aromatic nitrogens is 2. The lowest BCUT2D eigenvalue weighted by molar-refractivity contribution is 0.780. The van der Waals surface area contributed by atoms with E-state index in [2.05, 4.69) is 52.2 Å². The first kappa shape index (κ1) is 17.2. The van der Waals surface area contributed by atoms with E-state index in [-0.39, 0.29) is 0 Å². The van der Waals surface area contributed by atoms with Crippen molar-refractivity contribution in [3.63, 3.8) is 0 Å². The van der Waals surface area contributed by atoms with Crippen molar-refractivity contribution >= 4 is 51.6 Å². The lowest BCUT2D eigenvalue weighted by Crippen LogP contribution is -2.07. The molecule has 4 rings (SSSR count). The fourth-order valence-corrected chi connectivity index (χ4v) is 4.02. The quantitative estimate of drug-likeness (QED) is 0.440. The number of hydrogen-bond donors (Lipinski definition) is 1. The molecule has 0 atom stereocenters. The van der Waals surface area contributed by atoms with E-state index >= 15 is 0 Å². The first-order chi connectivity index (χ1) is 12.1. The minimum Gasteiger partial charge on any atom is -0.370 e. The van der Waals surface area contributed by atoms with E-state index in [1.165, 1.54) is 9.13 Å². The molecule has 0 aliphatic carbocycles. The van der Waals surface area contributed by atoms with Gasteiger partial charge in [0.15, 0.2) is 0 Å². The number of benzene rings is 2. The number of nitrogens with one attached hydrogen (secondary N) is 1. The standard InChI is InChI=1S/C19H16Cl2IN3/c20-13-6-9-17(16(21)11-13)25-19-15(3-1-2-10-23-19)18(24-25)12-4-7-14(22)8-5-12/h4-9,11,23H,1-3,10H2. The Morgan fingerprint density at radius 2 is 1.84 bits per heavy atom. The van der Waals surface area contributed by atoms with Gasteiger partial charge in [-0.2, -0.15) is 5.10 Å².